The van der Waals surface area contributed by atoms with Crippen LogP contribution in [0.15, 0.2) is 42.5 Å². The zero-order chi connectivity index (χ0) is 27.9. The summed E-state index contributed by atoms with van der Waals surface area (Å²) in [7, 11) is 3.70. The second kappa shape index (κ2) is 13.3. The zero-order valence-corrected chi connectivity index (χ0v) is 23.5. The van der Waals surface area contributed by atoms with E-state index < -0.39 is 0 Å². The first-order valence-electron chi connectivity index (χ1n) is 13.8. The number of carbonyl (C=O) groups is 2. The summed E-state index contributed by atoms with van der Waals surface area (Å²) in [5.74, 6) is 0.850. The number of piperidine rings is 1. The van der Waals surface area contributed by atoms with E-state index in [1.165, 1.54) is 0 Å². The van der Waals surface area contributed by atoms with Crippen molar-refractivity contribution in [1.29, 1.82) is 0 Å². The van der Waals surface area contributed by atoms with Gasteiger partial charge in [0.05, 0.1) is 31.0 Å². The summed E-state index contributed by atoms with van der Waals surface area (Å²) < 4.78 is 11.9. The van der Waals surface area contributed by atoms with Crippen LogP contribution in [0.1, 0.15) is 42.6 Å². The Kier molecular flexibility index (Phi) is 9.83. The van der Waals surface area contributed by atoms with Crippen molar-refractivity contribution in [3.63, 3.8) is 0 Å². The summed E-state index contributed by atoms with van der Waals surface area (Å²) in [6.45, 7) is 7.18. The number of nitrogens with one attached hydrogen (secondary N) is 2. The number of hydrogen-bond donors (Lipinski definition) is 3. The average Bonchev–Trinajstić information content (AvgIpc) is 2.95. The predicted molar refractivity (Wildman–Crippen MR) is 151 cm³/mol. The lowest BCUT2D eigenvalue weighted by Crippen LogP contribution is -2.49. The van der Waals surface area contributed by atoms with E-state index in [-0.39, 0.29) is 42.4 Å². The Labute approximate surface area is 231 Å². The van der Waals surface area contributed by atoms with Crippen molar-refractivity contribution in [2.75, 3.05) is 52.3 Å². The highest BCUT2D eigenvalue weighted by Crippen LogP contribution is 2.35. The van der Waals surface area contributed by atoms with Crippen molar-refractivity contribution < 1.29 is 24.2 Å². The number of fused-ring (bicyclic) bond motifs is 1. The monoisotopic (exact) mass is 538 g/mol. The third-order valence-electron chi connectivity index (χ3n) is 7.76. The Morgan fingerprint density at radius 1 is 1.23 bits per heavy atom. The van der Waals surface area contributed by atoms with Gasteiger partial charge in [-0.05, 0) is 69.7 Å². The molecule has 3 N–H and O–H groups in total. The minimum Gasteiger partial charge on any atom is -0.497 e. The van der Waals surface area contributed by atoms with E-state index in [1.54, 1.807) is 30.2 Å². The number of rotatable bonds is 9. The molecule has 2 aliphatic rings. The minimum atomic E-state index is -0.350. The van der Waals surface area contributed by atoms with Crippen molar-refractivity contribution in [2.24, 2.45) is 11.8 Å². The maximum atomic E-state index is 13.7. The molecule has 9 heteroatoms. The van der Waals surface area contributed by atoms with E-state index >= 15 is 0 Å². The number of aliphatic hydroxyl groups excluding tert-OH is 1. The highest BCUT2D eigenvalue weighted by Gasteiger charge is 2.35. The maximum absolute atomic E-state index is 13.7. The molecule has 0 aliphatic carbocycles. The second-order valence-electron chi connectivity index (χ2n) is 10.9. The molecule has 1 saturated heterocycles. The van der Waals surface area contributed by atoms with E-state index in [1.807, 2.05) is 38.2 Å². The fourth-order valence-corrected chi connectivity index (χ4v) is 5.29. The maximum Gasteiger partial charge on any atom is 0.258 e. The van der Waals surface area contributed by atoms with Gasteiger partial charge in [-0.2, -0.15) is 0 Å². The molecule has 1 fully saturated rings. The Balaban J connectivity index is 1.61. The molecule has 0 saturated carbocycles. The molecular weight excluding hydrogens is 496 g/mol. The minimum absolute atomic E-state index is 0.0254. The van der Waals surface area contributed by atoms with Gasteiger partial charge in [-0.25, -0.2) is 0 Å². The van der Waals surface area contributed by atoms with Gasteiger partial charge in [0.2, 0.25) is 5.91 Å². The van der Waals surface area contributed by atoms with Crippen LogP contribution in [-0.2, 0) is 11.3 Å². The van der Waals surface area contributed by atoms with E-state index in [4.69, 9.17) is 9.47 Å². The van der Waals surface area contributed by atoms with Gasteiger partial charge in [-0.1, -0.05) is 25.1 Å². The molecule has 0 unspecified atom stereocenters. The smallest absolute Gasteiger partial charge is 0.258 e. The average molecular weight is 539 g/mol. The van der Waals surface area contributed by atoms with Crippen LogP contribution >= 0.6 is 0 Å². The fraction of sp³-hybridized carbons (Fsp3) is 0.533. The number of nitrogens with zero attached hydrogens (tertiary/aromatic N) is 2. The molecule has 2 aromatic carbocycles. The van der Waals surface area contributed by atoms with Crippen LogP contribution in [0.3, 0.4) is 0 Å². The van der Waals surface area contributed by atoms with Crippen LogP contribution < -0.4 is 20.1 Å². The second-order valence-corrected chi connectivity index (χ2v) is 10.9. The van der Waals surface area contributed by atoms with E-state index in [9.17, 15) is 14.7 Å². The number of methoxy groups -OCH3 is 1. The molecule has 9 nitrogen and oxygen atoms in total. The van der Waals surface area contributed by atoms with Crippen LogP contribution in [0.4, 0.5) is 5.69 Å². The van der Waals surface area contributed by atoms with Crippen molar-refractivity contribution in [1.82, 2.24) is 15.1 Å². The van der Waals surface area contributed by atoms with Gasteiger partial charge in [0.15, 0.2) is 5.75 Å². The molecule has 212 valence electrons. The Hall–Kier alpha value is -3.14. The summed E-state index contributed by atoms with van der Waals surface area (Å²) in [5, 5.41) is 16.3. The van der Waals surface area contributed by atoms with Gasteiger partial charge in [0.25, 0.3) is 5.91 Å². The summed E-state index contributed by atoms with van der Waals surface area (Å²) >= 11 is 0. The molecule has 4 rings (SSSR count). The molecule has 2 aromatic rings. The number of likely N-dealkylation sites (N-methyl/N-ethyl adjacent to an activating group) is 1. The van der Waals surface area contributed by atoms with Crippen LogP contribution in [-0.4, -0.2) is 85.8 Å². The van der Waals surface area contributed by atoms with Gasteiger partial charge in [-0.3, -0.25) is 14.5 Å². The Morgan fingerprint density at radius 2 is 1.95 bits per heavy atom. The highest BCUT2D eigenvalue weighted by molar-refractivity contribution is 6.02. The molecule has 2 aliphatic heterocycles. The largest absolute Gasteiger partial charge is 0.497 e. The number of amides is 2. The molecule has 2 heterocycles. The van der Waals surface area contributed by atoms with Crippen molar-refractivity contribution in [3.8, 4) is 11.5 Å². The third-order valence-corrected chi connectivity index (χ3v) is 7.76. The van der Waals surface area contributed by atoms with E-state index in [0.717, 1.165) is 37.2 Å². The predicted octanol–water partition coefficient (Wildman–Crippen LogP) is 2.99. The summed E-state index contributed by atoms with van der Waals surface area (Å²) in [5.41, 5.74) is 2.06. The lowest BCUT2D eigenvalue weighted by atomic mass is 9.96. The Bertz CT molecular complexity index is 1120. The number of anilines is 1. The Morgan fingerprint density at radius 3 is 2.62 bits per heavy atom. The van der Waals surface area contributed by atoms with Crippen molar-refractivity contribution >= 4 is 17.5 Å². The summed E-state index contributed by atoms with van der Waals surface area (Å²) in [6, 6.07) is 13.0. The van der Waals surface area contributed by atoms with Crippen LogP contribution in [0, 0.1) is 11.8 Å². The van der Waals surface area contributed by atoms with Gasteiger partial charge >= 0.3 is 0 Å². The van der Waals surface area contributed by atoms with Crippen molar-refractivity contribution in [2.45, 2.75) is 45.4 Å². The molecule has 0 bridgehead atoms. The van der Waals surface area contributed by atoms with E-state index in [0.29, 0.717) is 36.6 Å². The summed E-state index contributed by atoms with van der Waals surface area (Å²) in [4.78, 5) is 30.8. The van der Waals surface area contributed by atoms with Gasteiger partial charge in [0.1, 0.15) is 11.9 Å². The number of benzene rings is 2. The molecule has 2 amide bonds. The van der Waals surface area contributed by atoms with Crippen LogP contribution in [0.2, 0.25) is 0 Å². The summed E-state index contributed by atoms with van der Waals surface area (Å²) in [6.07, 6.45) is 1.29. The SMILES string of the molecule is COc1ccc(CN(C)C[C@H]2Oc3c(NC(=O)C4CCNCC4)cccc3C(=O)N([C@@H](C)CO)C[C@@H]2C)cc1. The molecule has 3 atom stereocenters. The highest BCUT2D eigenvalue weighted by atomic mass is 16.5. The van der Waals surface area contributed by atoms with Crippen LogP contribution in [0.25, 0.3) is 0 Å². The van der Waals surface area contributed by atoms with Gasteiger partial charge in [-0.15, -0.1) is 0 Å². The number of para-hydroxylation sites is 1. The molecule has 0 aromatic heterocycles. The topological polar surface area (TPSA) is 103 Å². The third kappa shape index (κ3) is 7.09. The molecule has 0 radical (unpaired) electrons. The van der Waals surface area contributed by atoms with Gasteiger partial charge in [0, 0.05) is 31.5 Å². The van der Waals surface area contributed by atoms with Crippen molar-refractivity contribution in [3.05, 3.63) is 53.6 Å². The zero-order valence-electron chi connectivity index (χ0n) is 23.5. The van der Waals surface area contributed by atoms with Crippen LogP contribution in [0.5, 0.6) is 11.5 Å². The first kappa shape index (κ1) is 28.9. The number of aliphatic hydroxyl groups is 1. The first-order chi connectivity index (χ1) is 18.8. The lowest BCUT2D eigenvalue weighted by molar-refractivity contribution is -0.120. The number of carbonyl (C=O) groups excluding carboxylic acids is 2. The number of hydrogen-bond acceptors (Lipinski definition) is 7. The van der Waals surface area contributed by atoms with E-state index in [2.05, 4.69) is 22.5 Å². The molecule has 0 spiro atoms. The quantitative estimate of drug-likeness (QED) is 0.451. The molecule has 39 heavy (non-hydrogen) atoms. The standard InChI is InChI=1S/C30H42N4O5/c1-20-16-34(21(2)19-35)30(37)25-6-5-7-26(32-29(36)23-12-14-31-15-13-23)28(25)39-27(20)18-33(3)17-22-8-10-24(38-4)11-9-22/h5-11,20-21,23,27,31,35H,12-19H2,1-4H3,(H,32,36)/t20-,21-,27+/m0/s1. The number of ether oxygens (including phenoxy) is 2. The normalized spacial score (nSPS) is 21.0. The van der Waals surface area contributed by atoms with Gasteiger partial charge < -0.3 is 30.1 Å². The molecular formula is C30H42N4O5. The first-order valence-corrected chi connectivity index (χ1v) is 13.8. The fourth-order valence-electron chi connectivity index (χ4n) is 5.29. The lowest BCUT2D eigenvalue weighted by Gasteiger charge is -2.38.